The van der Waals surface area contributed by atoms with Crippen molar-refractivity contribution in [2.45, 2.75) is 18.9 Å². The van der Waals surface area contributed by atoms with Gasteiger partial charge in [-0.2, -0.15) is 5.26 Å². The molecule has 1 heterocycles. The molecule has 2 N–H and O–H groups in total. The lowest BCUT2D eigenvalue weighted by molar-refractivity contribution is -0.384. The fraction of sp³-hybridized carbons (Fsp3) is 0.167. The third-order valence-electron chi connectivity index (χ3n) is 3.65. The second-order valence-corrected chi connectivity index (χ2v) is 6.70. The molecule has 11 heteroatoms. The summed E-state index contributed by atoms with van der Waals surface area (Å²) >= 11 is 0.971. The largest absolute Gasteiger partial charge is 0.294 e. The number of ketones is 1. The van der Waals surface area contributed by atoms with E-state index in [4.69, 9.17) is 0 Å². The first-order valence-electron chi connectivity index (χ1n) is 8.12. The highest BCUT2D eigenvalue weighted by atomic mass is 32.2. The van der Waals surface area contributed by atoms with Crippen LogP contribution in [0.4, 0.5) is 5.69 Å². The van der Waals surface area contributed by atoms with Crippen molar-refractivity contribution in [2.24, 2.45) is 0 Å². The van der Waals surface area contributed by atoms with Gasteiger partial charge in [-0.25, -0.2) is 4.98 Å². The van der Waals surface area contributed by atoms with E-state index in [-0.39, 0.29) is 33.4 Å². The van der Waals surface area contributed by atoms with Crippen molar-refractivity contribution in [1.29, 1.82) is 5.26 Å². The highest BCUT2D eigenvalue weighted by Crippen LogP contribution is 2.23. The fourth-order valence-electron chi connectivity index (χ4n) is 2.26. The zero-order valence-corrected chi connectivity index (χ0v) is 16.2. The second-order valence-electron chi connectivity index (χ2n) is 5.74. The zero-order chi connectivity index (χ0) is 21.6. The maximum absolute atomic E-state index is 12.0. The molecule has 0 aliphatic heterocycles. The summed E-state index contributed by atoms with van der Waals surface area (Å²) in [7, 11) is 0. The van der Waals surface area contributed by atoms with Crippen molar-refractivity contribution >= 4 is 35.0 Å². The number of nitriles is 1. The Labute approximate surface area is 169 Å². The molecular weight excluding hydrogens is 398 g/mol. The number of thioether (sulfide) groups is 1. The monoisotopic (exact) mass is 413 g/mol. The minimum absolute atomic E-state index is 0.0102. The van der Waals surface area contributed by atoms with Gasteiger partial charge < -0.3 is 0 Å². The number of benzene rings is 1. The fourth-order valence-corrected chi connectivity index (χ4v) is 3.06. The van der Waals surface area contributed by atoms with Gasteiger partial charge in [0, 0.05) is 29.0 Å². The topological polar surface area (TPSA) is 155 Å². The van der Waals surface area contributed by atoms with Crippen LogP contribution >= 0.6 is 11.8 Å². The number of hydrazine groups is 1. The maximum atomic E-state index is 12.0. The van der Waals surface area contributed by atoms with Crippen LogP contribution in [0.25, 0.3) is 0 Å². The number of nitrogens with one attached hydrogen (secondary N) is 2. The maximum Gasteiger partial charge on any atom is 0.270 e. The molecule has 0 bridgehead atoms. The summed E-state index contributed by atoms with van der Waals surface area (Å²) < 4.78 is 0. The Morgan fingerprint density at radius 3 is 2.62 bits per heavy atom. The second kappa shape index (κ2) is 9.43. The Morgan fingerprint density at radius 2 is 2.00 bits per heavy atom. The molecule has 10 nitrogen and oxygen atoms in total. The van der Waals surface area contributed by atoms with Crippen molar-refractivity contribution in [3.63, 3.8) is 0 Å². The molecule has 1 aromatic heterocycles. The number of nitro benzene ring substituents is 1. The van der Waals surface area contributed by atoms with Crippen LogP contribution in [0.5, 0.6) is 0 Å². The molecule has 0 aliphatic carbocycles. The standard InChI is InChI=1S/C18H15N5O5S/c1-10-15(11(2)24)7-13(8-19)18(20-10)29-9-16(25)21-22-17(26)12-4-3-5-14(6-12)23(27)28/h3-7H,9H2,1-2H3,(H,21,25)(H,22,26). The molecule has 0 radical (unpaired) electrons. The van der Waals surface area contributed by atoms with E-state index in [0.29, 0.717) is 11.3 Å². The Bertz CT molecular complexity index is 1050. The van der Waals surface area contributed by atoms with Crippen molar-refractivity contribution < 1.29 is 19.3 Å². The van der Waals surface area contributed by atoms with Gasteiger partial charge in [-0.1, -0.05) is 17.8 Å². The average molecular weight is 413 g/mol. The van der Waals surface area contributed by atoms with Crippen molar-refractivity contribution in [1.82, 2.24) is 15.8 Å². The van der Waals surface area contributed by atoms with Gasteiger partial charge in [0.1, 0.15) is 11.1 Å². The van der Waals surface area contributed by atoms with Gasteiger partial charge in [-0.15, -0.1) is 0 Å². The minimum Gasteiger partial charge on any atom is -0.294 e. The van der Waals surface area contributed by atoms with E-state index in [9.17, 15) is 29.8 Å². The highest BCUT2D eigenvalue weighted by molar-refractivity contribution is 8.00. The van der Waals surface area contributed by atoms with Crippen molar-refractivity contribution in [2.75, 3.05) is 5.75 Å². The van der Waals surface area contributed by atoms with E-state index < -0.39 is 16.7 Å². The van der Waals surface area contributed by atoms with Gasteiger partial charge in [0.25, 0.3) is 11.6 Å². The number of hydrogen-bond donors (Lipinski definition) is 2. The van der Waals surface area contributed by atoms with Gasteiger partial charge in [-0.05, 0) is 26.0 Å². The molecule has 0 aliphatic rings. The molecule has 0 saturated heterocycles. The number of Topliss-reactive ketones (excluding diaryl/α,β-unsaturated/α-hetero) is 1. The molecule has 0 atom stereocenters. The summed E-state index contributed by atoms with van der Waals surface area (Å²) in [6.07, 6.45) is 0. The molecule has 0 fully saturated rings. The van der Waals surface area contributed by atoms with E-state index in [0.717, 1.165) is 17.8 Å². The number of nitrogens with zero attached hydrogens (tertiary/aromatic N) is 3. The van der Waals surface area contributed by atoms with Crippen molar-refractivity contribution in [3.8, 4) is 6.07 Å². The number of rotatable bonds is 6. The Morgan fingerprint density at radius 1 is 1.28 bits per heavy atom. The number of aryl methyl sites for hydroxylation is 1. The van der Waals surface area contributed by atoms with Crippen LogP contribution in [0.3, 0.4) is 0 Å². The number of aromatic nitrogens is 1. The molecule has 1 aromatic carbocycles. The predicted molar refractivity (Wildman–Crippen MR) is 103 cm³/mol. The molecule has 0 saturated carbocycles. The quantitative estimate of drug-likeness (QED) is 0.315. The molecule has 2 rings (SSSR count). The Balaban J connectivity index is 1.97. The van der Waals surface area contributed by atoms with Gasteiger partial charge in [0.05, 0.1) is 16.2 Å². The smallest absolute Gasteiger partial charge is 0.270 e. The summed E-state index contributed by atoms with van der Waals surface area (Å²) in [5.41, 5.74) is 5.05. The summed E-state index contributed by atoms with van der Waals surface area (Å²) in [4.78, 5) is 49.8. The van der Waals surface area contributed by atoms with E-state index in [1.165, 1.54) is 31.2 Å². The number of amides is 2. The minimum atomic E-state index is -0.718. The van der Waals surface area contributed by atoms with Crippen LogP contribution in [0.15, 0.2) is 35.4 Å². The number of hydrogen-bond acceptors (Lipinski definition) is 8. The summed E-state index contributed by atoms with van der Waals surface area (Å²) in [5.74, 6) is -1.67. The number of nitro groups is 1. The highest BCUT2D eigenvalue weighted by Gasteiger charge is 2.15. The van der Waals surface area contributed by atoms with Crippen LogP contribution in [-0.2, 0) is 4.79 Å². The zero-order valence-electron chi connectivity index (χ0n) is 15.4. The van der Waals surface area contributed by atoms with Gasteiger partial charge in [0.15, 0.2) is 5.78 Å². The molecular formula is C18H15N5O5S. The Kier molecular flexibility index (Phi) is 6.99. The lowest BCUT2D eigenvalue weighted by atomic mass is 10.1. The average Bonchev–Trinajstić information content (AvgIpc) is 2.70. The number of pyridine rings is 1. The first kappa shape index (κ1) is 21.5. The van der Waals surface area contributed by atoms with Crippen molar-refractivity contribution in [3.05, 3.63) is 62.8 Å². The number of carbonyl (C=O) groups is 3. The molecule has 0 unspecified atom stereocenters. The van der Waals surface area contributed by atoms with E-state index in [1.54, 1.807) is 6.92 Å². The summed E-state index contributed by atoms with van der Waals surface area (Å²) in [6.45, 7) is 3.00. The Hall–Kier alpha value is -3.78. The van der Waals surface area contributed by atoms with E-state index in [1.807, 2.05) is 6.07 Å². The SMILES string of the molecule is CC(=O)c1cc(C#N)c(SCC(=O)NNC(=O)c2cccc([N+](=O)[O-])c2)nc1C. The van der Waals surface area contributed by atoms with Gasteiger partial charge >= 0.3 is 0 Å². The number of non-ortho nitro benzene ring substituents is 1. The van der Waals surface area contributed by atoms with Crippen LogP contribution in [0.2, 0.25) is 0 Å². The number of carbonyl (C=O) groups excluding carboxylic acids is 3. The summed E-state index contributed by atoms with van der Waals surface area (Å²) in [5, 5.41) is 20.3. The van der Waals surface area contributed by atoms with Crippen LogP contribution < -0.4 is 10.9 Å². The lowest BCUT2D eigenvalue weighted by Gasteiger charge is -2.09. The third-order valence-corrected chi connectivity index (χ3v) is 4.64. The van der Waals surface area contributed by atoms with Gasteiger partial charge in [0.2, 0.25) is 5.91 Å². The third kappa shape index (κ3) is 5.60. The molecule has 29 heavy (non-hydrogen) atoms. The summed E-state index contributed by atoms with van der Waals surface area (Å²) in [6, 6.07) is 8.41. The van der Waals surface area contributed by atoms with Crippen LogP contribution in [0, 0.1) is 28.4 Å². The molecule has 2 aromatic rings. The van der Waals surface area contributed by atoms with Gasteiger partial charge in [-0.3, -0.25) is 35.3 Å². The first-order chi connectivity index (χ1) is 13.7. The predicted octanol–water partition coefficient (Wildman–Crippen LogP) is 1.93. The molecule has 148 valence electrons. The normalized spacial score (nSPS) is 9.97. The lowest BCUT2D eigenvalue weighted by Crippen LogP contribution is -2.42. The van der Waals surface area contributed by atoms with Crippen LogP contribution in [-0.4, -0.2) is 33.3 Å². The van der Waals surface area contributed by atoms with Crippen LogP contribution in [0.1, 0.15) is 38.9 Å². The van der Waals surface area contributed by atoms with E-state index >= 15 is 0 Å². The van der Waals surface area contributed by atoms with E-state index in [2.05, 4.69) is 15.8 Å². The first-order valence-corrected chi connectivity index (χ1v) is 9.10. The molecule has 2 amide bonds. The molecule has 0 spiro atoms.